The van der Waals surface area contributed by atoms with Crippen LogP contribution in [0.4, 0.5) is 9.18 Å². The smallest absolute Gasteiger partial charge is 0.425 e. The molecule has 2 atom stereocenters. The van der Waals surface area contributed by atoms with E-state index in [-0.39, 0.29) is 0 Å². The normalized spacial score (nSPS) is 22.4. The number of benzene rings is 1. The lowest BCUT2D eigenvalue weighted by Crippen LogP contribution is -2.34. The maximum Gasteiger partial charge on any atom is 0.425 e. The Labute approximate surface area is 157 Å². The van der Waals surface area contributed by atoms with E-state index in [1.54, 1.807) is 24.5 Å². The summed E-state index contributed by atoms with van der Waals surface area (Å²) in [6.07, 6.45) is 6.72. The van der Waals surface area contributed by atoms with Crippen LogP contribution >= 0.6 is 0 Å². The molecule has 1 saturated heterocycles. The molecule has 0 unspecified atom stereocenters. The molecule has 6 heteroatoms. The van der Waals surface area contributed by atoms with Gasteiger partial charge < -0.3 is 4.74 Å². The Balaban J connectivity index is 1.65. The van der Waals surface area contributed by atoms with Crippen molar-refractivity contribution < 1.29 is 13.9 Å². The zero-order chi connectivity index (χ0) is 18.8. The van der Waals surface area contributed by atoms with Gasteiger partial charge in [0.05, 0.1) is 0 Å². The van der Waals surface area contributed by atoms with Gasteiger partial charge in [0.25, 0.3) is 0 Å². The standard InChI is InChI=1S/C21H20FN3O2/c22-18-7-3-6-16(11-18)20-19(25(23)21(26)27-20)17-10-15(12-24-13-17)9-8-14-4-1-2-5-14/h3,6-7,10-14,19-20H,1-2,4-5,23H2/t19-,20-/m1/s1. The molecule has 2 aromatic rings. The fourth-order valence-corrected chi connectivity index (χ4v) is 3.71. The minimum Gasteiger partial charge on any atom is -0.438 e. The van der Waals surface area contributed by atoms with E-state index in [1.165, 1.54) is 25.0 Å². The summed E-state index contributed by atoms with van der Waals surface area (Å²) in [4.78, 5) is 16.3. The number of halogens is 1. The molecular weight excluding hydrogens is 345 g/mol. The zero-order valence-electron chi connectivity index (χ0n) is 14.8. The largest absolute Gasteiger partial charge is 0.438 e. The van der Waals surface area contributed by atoms with E-state index in [1.807, 2.05) is 6.07 Å². The topological polar surface area (TPSA) is 68.5 Å². The Bertz CT molecular complexity index is 915. The average Bonchev–Trinajstić information content (AvgIpc) is 3.29. The van der Waals surface area contributed by atoms with Crippen LogP contribution in [0.3, 0.4) is 0 Å². The molecule has 1 aliphatic carbocycles. The Hall–Kier alpha value is -2.91. The van der Waals surface area contributed by atoms with Crippen LogP contribution in [-0.2, 0) is 4.74 Å². The van der Waals surface area contributed by atoms with Crippen LogP contribution in [0, 0.1) is 23.6 Å². The van der Waals surface area contributed by atoms with Gasteiger partial charge in [0.15, 0.2) is 6.10 Å². The lowest BCUT2D eigenvalue weighted by Gasteiger charge is -2.21. The van der Waals surface area contributed by atoms with Crippen LogP contribution in [-0.4, -0.2) is 16.1 Å². The van der Waals surface area contributed by atoms with Gasteiger partial charge in [-0.15, -0.1) is 0 Å². The van der Waals surface area contributed by atoms with Crippen molar-refractivity contribution in [1.29, 1.82) is 0 Å². The van der Waals surface area contributed by atoms with Crippen molar-refractivity contribution in [2.75, 3.05) is 0 Å². The highest BCUT2D eigenvalue weighted by molar-refractivity contribution is 5.71. The van der Waals surface area contributed by atoms with E-state index in [0.29, 0.717) is 17.0 Å². The van der Waals surface area contributed by atoms with Crippen molar-refractivity contribution in [3.05, 3.63) is 65.2 Å². The third-order valence-corrected chi connectivity index (χ3v) is 5.08. The highest BCUT2D eigenvalue weighted by atomic mass is 19.1. The van der Waals surface area contributed by atoms with E-state index in [0.717, 1.165) is 23.4 Å². The summed E-state index contributed by atoms with van der Waals surface area (Å²) in [5.41, 5.74) is 2.02. The van der Waals surface area contributed by atoms with Crippen molar-refractivity contribution in [2.24, 2.45) is 11.8 Å². The highest BCUT2D eigenvalue weighted by Crippen LogP contribution is 2.41. The average molecular weight is 365 g/mol. The number of carbonyl (C=O) groups excluding carboxylic acids is 1. The van der Waals surface area contributed by atoms with Gasteiger partial charge in [-0.3, -0.25) is 4.98 Å². The quantitative estimate of drug-likeness (QED) is 0.498. The number of rotatable bonds is 2. The SMILES string of the molecule is NN1C(=O)O[C@H](c2cccc(F)c2)[C@H]1c1cncc(C#CC2CCCC2)c1. The van der Waals surface area contributed by atoms with Crippen LogP contribution in [0.25, 0.3) is 0 Å². The first-order chi connectivity index (χ1) is 13.1. The van der Waals surface area contributed by atoms with Crippen molar-refractivity contribution >= 4 is 6.09 Å². The molecule has 5 nitrogen and oxygen atoms in total. The number of pyridine rings is 1. The molecule has 2 N–H and O–H groups in total. The number of ether oxygens (including phenoxy) is 1. The predicted octanol–water partition coefficient (Wildman–Crippen LogP) is 3.87. The van der Waals surface area contributed by atoms with Gasteiger partial charge in [0, 0.05) is 23.9 Å². The number of nitrogens with zero attached hydrogens (tertiary/aromatic N) is 2. The van der Waals surface area contributed by atoms with Gasteiger partial charge >= 0.3 is 6.09 Å². The summed E-state index contributed by atoms with van der Waals surface area (Å²) < 4.78 is 19.0. The molecular formula is C21H20FN3O2. The molecule has 1 aromatic heterocycles. The predicted molar refractivity (Wildman–Crippen MR) is 97.5 cm³/mol. The van der Waals surface area contributed by atoms with Gasteiger partial charge in [-0.05, 0) is 42.2 Å². The van der Waals surface area contributed by atoms with Crippen LogP contribution in [0.5, 0.6) is 0 Å². The zero-order valence-corrected chi connectivity index (χ0v) is 14.8. The van der Waals surface area contributed by atoms with Crippen LogP contribution in [0.2, 0.25) is 0 Å². The molecule has 138 valence electrons. The second-order valence-corrected chi connectivity index (χ2v) is 6.97. The Kier molecular flexibility index (Phi) is 4.78. The summed E-state index contributed by atoms with van der Waals surface area (Å²) in [5, 5.41) is 1.03. The Morgan fingerprint density at radius 3 is 2.78 bits per heavy atom. The first kappa shape index (κ1) is 17.5. The van der Waals surface area contributed by atoms with Crippen LogP contribution < -0.4 is 5.84 Å². The molecule has 4 rings (SSSR count). The fourth-order valence-electron chi connectivity index (χ4n) is 3.71. The monoisotopic (exact) mass is 365 g/mol. The second kappa shape index (κ2) is 7.37. The highest BCUT2D eigenvalue weighted by Gasteiger charge is 2.42. The number of hydrogen-bond donors (Lipinski definition) is 1. The molecule has 2 aliphatic rings. The number of hydrazine groups is 1. The number of aromatic nitrogens is 1. The minimum atomic E-state index is -0.710. The maximum atomic E-state index is 13.6. The summed E-state index contributed by atoms with van der Waals surface area (Å²) in [5.74, 6) is 12.5. The Morgan fingerprint density at radius 2 is 2.00 bits per heavy atom. The van der Waals surface area contributed by atoms with E-state index in [2.05, 4.69) is 16.8 Å². The number of hydrogen-bond acceptors (Lipinski definition) is 4. The molecule has 27 heavy (non-hydrogen) atoms. The van der Waals surface area contributed by atoms with E-state index >= 15 is 0 Å². The summed E-state index contributed by atoms with van der Waals surface area (Å²) in [7, 11) is 0. The van der Waals surface area contributed by atoms with Crippen molar-refractivity contribution in [1.82, 2.24) is 9.99 Å². The van der Waals surface area contributed by atoms with Crippen molar-refractivity contribution in [3.63, 3.8) is 0 Å². The number of cyclic esters (lactones) is 1. The molecule has 1 saturated carbocycles. The number of carbonyl (C=O) groups is 1. The van der Waals surface area contributed by atoms with E-state index in [4.69, 9.17) is 10.6 Å². The first-order valence-corrected chi connectivity index (χ1v) is 9.08. The van der Waals surface area contributed by atoms with Gasteiger partial charge in [-0.2, -0.15) is 0 Å². The number of nitrogens with two attached hydrogens (primary N) is 1. The van der Waals surface area contributed by atoms with Crippen molar-refractivity contribution in [3.8, 4) is 11.8 Å². The summed E-state index contributed by atoms with van der Waals surface area (Å²) in [6.45, 7) is 0. The fraction of sp³-hybridized carbons (Fsp3) is 0.333. The lowest BCUT2D eigenvalue weighted by molar-refractivity contribution is 0.129. The van der Waals surface area contributed by atoms with E-state index in [9.17, 15) is 9.18 Å². The van der Waals surface area contributed by atoms with Gasteiger partial charge in [-0.25, -0.2) is 20.0 Å². The number of amides is 1. The first-order valence-electron chi connectivity index (χ1n) is 9.08. The summed E-state index contributed by atoms with van der Waals surface area (Å²) in [6, 6.07) is 7.26. The van der Waals surface area contributed by atoms with Crippen LogP contribution in [0.15, 0.2) is 42.7 Å². The summed E-state index contributed by atoms with van der Waals surface area (Å²) >= 11 is 0. The third-order valence-electron chi connectivity index (χ3n) is 5.08. The third kappa shape index (κ3) is 3.64. The molecule has 2 heterocycles. The molecule has 1 aliphatic heterocycles. The van der Waals surface area contributed by atoms with Crippen LogP contribution in [0.1, 0.15) is 54.5 Å². The lowest BCUT2D eigenvalue weighted by atomic mass is 9.96. The molecule has 1 amide bonds. The molecule has 0 bridgehead atoms. The molecule has 0 radical (unpaired) electrons. The van der Waals surface area contributed by atoms with Gasteiger partial charge in [-0.1, -0.05) is 36.8 Å². The molecule has 0 spiro atoms. The minimum absolute atomic E-state index is 0.396. The Morgan fingerprint density at radius 1 is 1.19 bits per heavy atom. The van der Waals surface area contributed by atoms with Gasteiger partial charge in [0.1, 0.15) is 11.9 Å². The van der Waals surface area contributed by atoms with E-state index < -0.39 is 24.1 Å². The second-order valence-electron chi connectivity index (χ2n) is 6.97. The molecule has 1 aromatic carbocycles. The van der Waals surface area contributed by atoms with Crippen molar-refractivity contribution in [2.45, 2.75) is 37.8 Å². The maximum absolute atomic E-state index is 13.6. The molecule has 2 fully saturated rings. The van der Waals surface area contributed by atoms with Gasteiger partial charge in [0.2, 0.25) is 0 Å².